The van der Waals surface area contributed by atoms with Crippen LogP contribution in [0.15, 0.2) is 67.3 Å². The molecule has 0 aliphatic carbocycles. The van der Waals surface area contributed by atoms with Crippen LogP contribution in [-0.4, -0.2) is 39.6 Å². The van der Waals surface area contributed by atoms with Crippen LogP contribution >= 0.6 is 0 Å². The predicted octanol–water partition coefficient (Wildman–Crippen LogP) is 4.06. The number of hydrogen-bond donors (Lipinski definition) is 0. The van der Waals surface area contributed by atoms with Crippen LogP contribution < -0.4 is 9.80 Å². The molecule has 28 heavy (non-hydrogen) atoms. The molecule has 0 radical (unpaired) electrons. The molecule has 5 heterocycles. The summed E-state index contributed by atoms with van der Waals surface area (Å²) in [7, 11) is 0. The number of fused-ring (bicyclic) bond motifs is 2. The van der Waals surface area contributed by atoms with E-state index in [2.05, 4.69) is 43.8 Å². The molecular weight excluding hydrogens is 348 g/mol. The van der Waals surface area contributed by atoms with E-state index in [0.29, 0.717) is 0 Å². The molecule has 0 N–H and O–H groups in total. The summed E-state index contributed by atoms with van der Waals surface area (Å²) in [6, 6.07) is 14.2. The topological polar surface area (TPSA) is 58.0 Å². The Labute approximate surface area is 163 Å². The summed E-state index contributed by atoms with van der Waals surface area (Å²) in [5.74, 6) is 1.92. The van der Waals surface area contributed by atoms with Gasteiger partial charge in [-0.05, 0) is 49.4 Å². The van der Waals surface area contributed by atoms with Gasteiger partial charge in [0.2, 0.25) is 0 Å². The first-order valence-corrected chi connectivity index (χ1v) is 9.49. The molecule has 0 unspecified atom stereocenters. The second-order valence-electron chi connectivity index (χ2n) is 6.71. The molecule has 1 aliphatic heterocycles. The lowest BCUT2D eigenvalue weighted by molar-refractivity contribution is 0.753. The third-order valence-electron chi connectivity index (χ3n) is 5.14. The lowest BCUT2D eigenvalue weighted by Crippen LogP contribution is -2.39. The van der Waals surface area contributed by atoms with Crippen LogP contribution in [0.5, 0.6) is 0 Å². The Morgan fingerprint density at radius 2 is 1.71 bits per heavy atom. The van der Waals surface area contributed by atoms with Gasteiger partial charge in [0.25, 0.3) is 0 Å². The number of likely N-dealkylation sites (N-methyl/N-ethyl adjacent to an activating group) is 1. The quantitative estimate of drug-likeness (QED) is 0.543. The van der Waals surface area contributed by atoms with E-state index in [1.165, 1.54) is 0 Å². The fourth-order valence-electron chi connectivity index (χ4n) is 3.75. The number of pyridine rings is 4. The Morgan fingerprint density at radius 1 is 0.893 bits per heavy atom. The zero-order chi connectivity index (χ0) is 18.9. The van der Waals surface area contributed by atoms with E-state index in [0.717, 1.165) is 59.1 Å². The Balaban J connectivity index is 1.73. The number of anilines is 3. The van der Waals surface area contributed by atoms with E-state index in [1.807, 2.05) is 42.7 Å². The standard InChI is InChI=1S/C22H20N6/c1-2-27-13-14-28(20-6-4-10-25-22(20)27)21-17-5-3-9-24-19(17)15-18(26-21)16-7-11-23-12-8-16/h3-12,15H,2,13-14H2,1H3. The summed E-state index contributed by atoms with van der Waals surface area (Å²) in [5, 5.41) is 1.04. The van der Waals surface area contributed by atoms with Gasteiger partial charge in [-0.25, -0.2) is 9.97 Å². The lowest BCUT2D eigenvalue weighted by atomic mass is 10.1. The van der Waals surface area contributed by atoms with Gasteiger partial charge in [-0.3, -0.25) is 9.97 Å². The van der Waals surface area contributed by atoms with Gasteiger partial charge in [-0.15, -0.1) is 0 Å². The molecule has 5 rings (SSSR count). The Bertz CT molecular complexity index is 1130. The number of hydrogen-bond acceptors (Lipinski definition) is 6. The molecule has 4 aromatic rings. The lowest BCUT2D eigenvalue weighted by Gasteiger charge is -2.37. The van der Waals surface area contributed by atoms with Gasteiger partial charge < -0.3 is 9.80 Å². The van der Waals surface area contributed by atoms with Gasteiger partial charge >= 0.3 is 0 Å². The molecule has 0 aromatic carbocycles. The minimum absolute atomic E-state index is 0.851. The minimum atomic E-state index is 0.851. The van der Waals surface area contributed by atoms with Crippen LogP contribution in [0, 0.1) is 0 Å². The van der Waals surface area contributed by atoms with Crippen molar-refractivity contribution in [2.75, 3.05) is 29.4 Å². The molecular formula is C22H20N6. The molecule has 0 spiro atoms. The second kappa shape index (κ2) is 6.88. The molecule has 0 bridgehead atoms. The fourth-order valence-corrected chi connectivity index (χ4v) is 3.75. The van der Waals surface area contributed by atoms with Crippen LogP contribution in [-0.2, 0) is 0 Å². The van der Waals surface area contributed by atoms with Gasteiger partial charge in [0.15, 0.2) is 5.82 Å². The van der Waals surface area contributed by atoms with Gasteiger partial charge in [-0.1, -0.05) is 0 Å². The average molecular weight is 368 g/mol. The third kappa shape index (κ3) is 2.74. The molecule has 138 valence electrons. The SMILES string of the molecule is CCN1CCN(c2nc(-c3ccncc3)cc3ncccc23)c2cccnc21. The molecule has 6 heteroatoms. The zero-order valence-electron chi connectivity index (χ0n) is 15.7. The van der Waals surface area contributed by atoms with Crippen molar-refractivity contribution in [3.05, 3.63) is 67.3 Å². The number of aromatic nitrogens is 4. The maximum absolute atomic E-state index is 5.06. The largest absolute Gasteiger partial charge is 0.353 e. The van der Waals surface area contributed by atoms with Crippen molar-refractivity contribution in [1.29, 1.82) is 0 Å². The van der Waals surface area contributed by atoms with Crippen LogP contribution in [0.4, 0.5) is 17.3 Å². The van der Waals surface area contributed by atoms with Gasteiger partial charge in [0.05, 0.1) is 16.9 Å². The molecule has 0 amide bonds. The monoisotopic (exact) mass is 368 g/mol. The highest BCUT2D eigenvalue weighted by molar-refractivity contribution is 5.95. The highest BCUT2D eigenvalue weighted by Gasteiger charge is 2.26. The van der Waals surface area contributed by atoms with E-state index >= 15 is 0 Å². The van der Waals surface area contributed by atoms with Crippen molar-refractivity contribution in [1.82, 2.24) is 19.9 Å². The molecule has 4 aromatic heterocycles. The molecule has 0 saturated carbocycles. The first-order chi connectivity index (χ1) is 13.8. The summed E-state index contributed by atoms with van der Waals surface area (Å²) in [4.78, 5) is 23.0. The van der Waals surface area contributed by atoms with E-state index in [-0.39, 0.29) is 0 Å². The Morgan fingerprint density at radius 3 is 2.57 bits per heavy atom. The van der Waals surface area contributed by atoms with Crippen molar-refractivity contribution in [3.8, 4) is 11.3 Å². The van der Waals surface area contributed by atoms with E-state index < -0.39 is 0 Å². The highest BCUT2D eigenvalue weighted by Crippen LogP contribution is 2.38. The van der Waals surface area contributed by atoms with Gasteiger partial charge in [-0.2, -0.15) is 0 Å². The van der Waals surface area contributed by atoms with E-state index in [9.17, 15) is 0 Å². The predicted molar refractivity (Wildman–Crippen MR) is 112 cm³/mol. The van der Waals surface area contributed by atoms with Crippen molar-refractivity contribution in [3.63, 3.8) is 0 Å². The summed E-state index contributed by atoms with van der Waals surface area (Å²) in [6.45, 7) is 4.85. The maximum atomic E-state index is 5.06. The first-order valence-electron chi connectivity index (χ1n) is 9.49. The van der Waals surface area contributed by atoms with Crippen molar-refractivity contribution in [2.24, 2.45) is 0 Å². The van der Waals surface area contributed by atoms with Gasteiger partial charge in [0.1, 0.15) is 5.82 Å². The summed E-state index contributed by atoms with van der Waals surface area (Å²) in [5.41, 5.74) is 3.94. The molecule has 0 fully saturated rings. The summed E-state index contributed by atoms with van der Waals surface area (Å²) >= 11 is 0. The van der Waals surface area contributed by atoms with Crippen molar-refractivity contribution >= 4 is 28.2 Å². The Hall–Kier alpha value is -3.54. The number of nitrogens with zero attached hydrogens (tertiary/aromatic N) is 6. The Kier molecular flexibility index (Phi) is 4.09. The van der Waals surface area contributed by atoms with Gasteiger partial charge in [0, 0.05) is 55.4 Å². The second-order valence-corrected chi connectivity index (χ2v) is 6.71. The minimum Gasteiger partial charge on any atom is -0.353 e. The van der Waals surface area contributed by atoms with Crippen LogP contribution in [0.25, 0.3) is 22.2 Å². The summed E-state index contributed by atoms with van der Waals surface area (Å²) in [6.07, 6.45) is 7.26. The maximum Gasteiger partial charge on any atom is 0.152 e. The van der Waals surface area contributed by atoms with Crippen LogP contribution in [0.2, 0.25) is 0 Å². The first kappa shape index (κ1) is 16.6. The fraction of sp³-hybridized carbons (Fsp3) is 0.182. The molecule has 1 aliphatic rings. The van der Waals surface area contributed by atoms with E-state index in [1.54, 1.807) is 12.4 Å². The molecule has 0 atom stereocenters. The van der Waals surface area contributed by atoms with Crippen LogP contribution in [0.3, 0.4) is 0 Å². The van der Waals surface area contributed by atoms with Crippen molar-refractivity contribution in [2.45, 2.75) is 6.92 Å². The van der Waals surface area contributed by atoms with Crippen molar-refractivity contribution < 1.29 is 0 Å². The molecule has 0 saturated heterocycles. The highest BCUT2D eigenvalue weighted by atomic mass is 15.3. The third-order valence-corrected chi connectivity index (χ3v) is 5.14. The normalized spacial score (nSPS) is 13.6. The average Bonchev–Trinajstić information content (AvgIpc) is 2.78. The zero-order valence-corrected chi connectivity index (χ0v) is 15.7. The smallest absolute Gasteiger partial charge is 0.152 e. The molecule has 6 nitrogen and oxygen atoms in total. The summed E-state index contributed by atoms with van der Waals surface area (Å²) < 4.78 is 0. The van der Waals surface area contributed by atoms with Crippen LogP contribution in [0.1, 0.15) is 6.92 Å². The van der Waals surface area contributed by atoms with E-state index in [4.69, 9.17) is 4.98 Å². The number of rotatable bonds is 3.